The lowest BCUT2D eigenvalue weighted by atomic mass is 10.1. The number of rotatable bonds is 6. The van der Waals surface area contributed by atoms with Crippen LogP contribution in [0.2, 0.25) is 0 Å². The van der Waals surface area contributed by atoms with E-state index in [0.717, 1.165) is 24.2 Å². The van der Waals surface area contributed by atoms with Gasteiger partial charge in [-0.1, -0.05) is 18.6 Å². The van der Waals surface area contributed by atoms with E-state index in [0.29, 0.717) is 5.56 Å². The summed E-state index contributed by atoms with van der Waals surface area (Å²) in [5.74, 6) is -0.852. The number of carbonyl (C=O) groups excluding carboxylic acids is 2. The molecule has 2 amide bonds. The molecule has 0 unspecified atom stereocenters. The fourth-order valence-electron chi connectivity index (χ4n) is 1.52. The Morgan fingerprint density at radius 1 is 1.33 bits per heavy atom. The second-order valence-electron chi connectivity index (χ2n) is 4.12. The van der Waals surface area contributed by atoms with E-state index in [-0.39, 0.29) is 12.5 Å². The predicted octanol–water partition coefficient (Wildman–Crippen LogP) is 1.03. The van der Waals surface area contributed by atoms with Crippen molar-refractivity contribution in [3.8, 4) is 0 Å². The molecule has 5 heteroatoms. The topological polar surface area (TPSA) is 84.2 Å². The second kappa shape index (κ2) is 6.64. The summed E-state index contributed by atoms with van der Waals surface area (Å²) in [5, 5.41) is 5.67. The van der Waals surface area contributed by atoms with Crippen LogP contribution in [0.1, 0.15) is 29.3 Å². The minimum Gasteiger partial charge on any atom is -0.384 e. The molecule has 0 fully saturated rings. The van der Waals surface area contributed by atoms with E-state index in [1.807, 2.05) is 26.0 Å². The number of nitrogens with two attached hydrogens (primary N) is 1. The van der Waals surface area contributed by atoms with Crippen molar-refractivity contribution in [1.29, 1.82) is 0 Å². The van der Waals surface area contributed by atoms with Gasteiger partial charge in [0.05, 0.1) is 12.1 Å². The Morgan fingerprint density at radius 3 is 2.67 bits per heavy atom. The van der Waals surface area contributed by atoms with Gasteiger partial charge in [-0.3, -0.25) is 9.59 Å². The maximum atomic E-state index is 11.9. The van der Waals surface area contributed by atoms with E-state index in [4.69, 9.17) is 5.73 Å². The SMILES string of the molecule is CCCNc1ccc(C)cc1C(=O)NCC(N)=O. The monoisotopic (exact) mass is 249 g/mol. The predicted molar refractivity (Wildman–Crippen MR) is 71.5 cm³/mol. The molecule has 1 rings (SSSR count). The first-order chi connectivity index (χ1) is 8.54. The molecule has 98 valence electrons. The van der Waals surface area contributed by atoms with Gasteiger partial charge in [0.25, 0.3) is 5.91 Å². The van der Waals surface area contributed by atoms with Crippen LogP contribution in [0, 0.1) is 6.92 Å². The molecule has 0 aliphatic rings. The molecule has 1 aromatic carbocycles. The summed E-state index contributed by atoms with van der Waals surface area (Å²) in [7, 11) is 0. The van der Waals surface area contributed by atoms with Crippen molar-refractivity contribution in [2.75, 3.05) is 18.4 Å². The third kappa shape index (κ3) is 4.08. The van der Waals surface area contributed by atoms with Crippen molar-refractivity contribution >= 4 is 17.5 Å². The Labute approximate surface area is 107 Å². The van der Waals surface area contributed by atoms with Crippen LogP contribution < -0.4 is 16.4 Å². The largest absolute Gasteiger partial charge is 0.384 e. The van der Waals surface area contributed by atoms with Crippen molar-refractivity contribution in [2.45, 2.75) is 20.3 Å². The molecule has 4 N–H and O–H groups in total. The standard InChI is InChI=1S/C13H19N3O2/c1-3-6-15-11-5-4-9(2)7-10(11)13(18)16-8-12(14)17/h4-5,7,15H,3,6,8H2,1-2H3,(H2,14,17)(H,16,18). The quantitative estimate of drug-likeness (QED) is 0.704. The Balaban J connectivity index is 2.86. The summed E-state index contributed by atoms with van der Waals surface area (Å²) in [6.45, 7) is 4.60. The highest BCUT2D eigenvalue weighted by molar-refractivity contribution is 6.01. The molecule has 0 heterocycles. The van der Waals surface area contributed by atoms with Gasteiger partial charge in [-0.25, -0.2) is 0 Å². The normalized spacial score (nSPS) is 9.89. The zero-order chi connectivity index (χ0) is 13.5. The molecular formula is C13H19N3O2. The van der Waals surface area contributed by atoms with E-state index >= 15 is 0 Å². The lowest BCUT2D eigenvalue weighted by Gasteiger charge is -2.12. The fourth-order valence-corrected chi connectivity index (χ4v) is 1.52. The summed E-state index contributed by atoms with van der Waals surface area (Å²) >= 11 is 0. The maximum Gasteiger partial charge on any atom is 0.253 e. The molecule has 0 radical (unpaired) electrons. The van der Waals surface area contributed by atoms with Crippen LogP contribution in [0.25, 0.3) is 0 Å². The Bertz CT molecular complexity index is 444. The summed E-state index contributed by atoms with van der Waals surface area (Å²) < 4.78 is 0. The van der Waals surface area contributed by atoms with Crippen LogP contribution in [-0.2, 0) is 4.79 Å². The Morgan fingerprint density at radius 2 is 2.06 bits per heavy atom. The highest BCUT2D eigenvalue weighted by Gasteiger charge is 2.11. The van der Waals surface area contributed by atoms with Gasteiger partial charge in [0.2, 0.25) is 5.91 Å². The number of amides is 2. The number of primary amides is 1. The van der Waals surface area contributed by atoms with E-state index in [9.17, 15) is 9.59 Å². The molecule has 0 saturated carbocycles. The van der Waals surface area contributed by atoms with Crippen LogP contribution in [0.5, 0.6) is 0 Å². The number of hydrogen-bond acceptors (Lipinski definition) is 3. The number of hydrogen-bond donors (Lipinski definition) is 3. The van der Waals surface area contributed by atoms with Gasteiger partial charge in [0.15, 0.2) is 0 Å². The molecule has 0 atom stereocenters. The van der Waals surface area contributed by atoms with E-state index in [1.165, 1.54) is 0 Å². The van der Waals surface area contributed by atoms with Crippen molar-refractivity contribution in [1.82, 2.24) is 5.32 Å². The van der Waals surface area contributed by atoms with Crippen molar-refractivity contribution in [3.05, 3.63) is 29.3 Å². The van der Waals surface area contributed by atoms with Crippen molar-refractivity contribution < 1.29 is 9.59 Å². The lowest BCUT2D eigenvalue weighted by molar-refractivity contribution is -0.117. The van der Waals surface area contributed by atoms with E-state index < -0.39 is 5.91 Å². The first-order valence-electron chi connectivity index (χ1n) is 5.95. The molecule has 0 aliphatic carbocycles. The Hall–Kier alpha value is -2.04. The molecule has 0 spiro atoms. The number of anilines is 1. The number of carbonyl (C=O) groups is 2. The minimum absolute atomic E-state index is 0.153. The van der Waals surface area contributed by atoms with Crippen molar-refractivity contribution in [3.63, 3.8) is 0 Å². The average molecular weight is 249 g/mol. The molecule has 0 bridgehead atoms. The lowest BCUT2D eigenvalue weighted by Crippen LogP contribution is -2.33. The number of aryl methyl sites for hydroxylation is 1. The zero-order valence-corrected chi connectivity index (χ0v) is 10.7. The number of benzene rings is 1. The first-order valence-corrected chi connectivity index (χ1v) is 5.95. The third-order valence-electron chi connectivity index (χ3n) is 2.41. The molecule has 0 saturated heterocycles. The van der Waals surface area contributed by atoms with Gasteiger partial charge in [-0.15, -0.1) is 0 Å². The summed E-state index contributed by atoms with van der Waals surface area (Å²) in [6.07, 6.45) is 0.968. The first kappa shape index (κ1) is 14.0. The molecule has 18 heavy (non-hydrogen) atoms. The summed E-state index contributed by atoms with van der Waals surface area (Å²) in [5.41, 5.74) is 7.29. The Kier molecular flexibility index (Phi) is 5.17. The van der Waals surface area contributed by atoms with E-state index in [2.05, 4.69) is 10.6 Å². The summed E-state index contributed by atoms with van der Waals surface area (Å²) in [6, 6.07) is 5.58. The van der Waals surface area contributed by atoms with Gasteiger partial charge in [-0.2, -0.15) is 0 Å². The highest BCUT2D eigenvalue weighted by Crippen LogP contribution is 2.17. The molecule has 0 aliphatic heterocycles. The average Bonchev–Trinajstić information content (AvgIpc) is 2.34. The summed E-state index contributed by atoms with van der Waals surface area (Å²) in [4.78, 5) is 22.6. The molecular weight excluding hydrogens is 230 g/mol. The van der Waals surface area contributed by atoms with Gasteiger partial charge in [-0.05, 0) is 25.5 Å². The van der Waals surface area contributed by atoms with E-state index in [1.54, 1.807) is 6.07 Å². The smallest absolute Gasteiger partial charge is 0.253 e. The van der Waals surface area contributed by atoms with Gasteiger partial charge < -0.3 is 16.4 Å². The minimum atomic E-state index is -0.556. The highest BCUT2D eigenvalue weighted by atomic mass is 16.2. The molecule has 1 aromatic rings. The van der Waals surface area contributed by atoms with Gasteiger partial charge in [0, 0.05) is 12.2 Å². The van der Waals surface area contributed by atoms with Crippen molar-refractivity contribution in [2.24, 2.45) is 5.73 Å². The van der Waals surface area contributed by atoms with Crippen LogP contribution in [0.15, 0.2) is 18.2 Å². The second-order valence-corrected chi connectivity index (χ2v) is 4.12. The number of nitrogens with one attached hydrogen (secondary N) is 2. The third-order valence-corrected chi connectivity index (χ3v) is 2.41. The maximum absolute atomic E-state index is 11.9. The molecule has 5 nitrogen and oxygen atoms in total. The van der Waals surface area contributed by atoms with Crippen LogP contribution in [0.3, 0.4) is 0 Å². The zero-order valence-electron chi connectivity index (χ0n) is 10.7. The van der Waals surface area contributed by atoms with Crippen LogP contribution in [0.4, 0.5) is 5.69 Å². The fraction of sp³-hybridized carbons (Fsp3) is 0.385. The van der Waals surface area contributed by atoms with Gasteiger partial charge >= 0.3 is 0 Å². The molecule has 0 aromatic heterocycles. The van der Waals surface area contributed by atoms with Crippen LogP contribution >= 0.6 is 0 Å². The van der Waals surface area contributed by atoms with Gasteiger partial charge in [0.1, 0.15) is 0 Å². The van der Waals surface area contributed by atoms with Crippen LogP contribution in [-0.4, -0.2) is 24.9 Å².